The Kier molecular flexibility index (Phi) is 3.07. The highest BCUT2D eigenvalue weighted by atomic mass is 32.1. The Labute approximate surface area is 108 Å². The summed E-state index contributed by atoms with van der Waals surface area (Å²) in [6.07, 6.45) is 5.78. The predicted molar refractivity (Wildman–Crippen MR) is 69.6 cm³/mol. The summed E-state index contributed by atoms with van der Waals surface area (Å²) < 4.78 is 3.84. The number of aromatic nitrogens is 5. The molecule has 0 spiro atoms. The SMILES string of the molecule is CCNCc1ncn(Cc2cn3ccsc3n2)n1. The molecule has 0 unspecified atom stereocenters. The van der Waals surface area contributed by atoms with Gasteiger partial charge in [0.05, 0.1) is 18.8 Å². The molecule has 7 heteroatoms. The summed E-state index contributed by atoms with van der Waals surface area (Å²) >= 11 is 1.63. The van der Waals surface area contributed by atoms with E-state index < -0.39 is 0 Å². The van der Waals surface area contributed by atoms with Gasteiger partial charge in [0, 0.05) is 17.8 Å². The van der Waals surface area contributed by atoms with E-state index in [1.165, 1.54) is 0 Å². The lowest BCUT2D eigenvalue weighted by molar-refractivity contribution is 0.637. The highest BCUT2D eigenvalue weighted by molar-refractivity contribution is 7.15. The molecule has 6 nitrogen and oxygen atoms in total. The Morgan fingerprint density at radius 3 is 3.22 bits per heavy atom. The molecule has 0 radical (unpaired) electrons. The molecule has 0 saturated carbocycles. The van der Waals surface area contributed by atoms with Crippen LogP contribution in [0.15, 0.2) is 24.1 Å². The zero-order valence-electron chi connectivity index (χ0n) is 10.1. The van der Waals surface area contributed by atoms with Gasteiger partial charge in [0.1, 0.15) is 6.33 Å². The van der Waals surface area contributed by atoms with E-state index in [-0.39, 0.29) is 0 Å². The number of rotatable bonds is 5. The van der Waals surface area contributed by atoms with Crippen LogP contribution in [0.2, 0.25) is 0 Å². The first-order chi connectivity index (χ1) is 8.85. The average Bonchev–Trinajstić information content (AvgIpc) is 3.02. The average molecular weight is 262 g/mol. The number of thiazole rings is 1. The standard InChI is InChI=1S/C11H14N6S/c1-2-12-5-10-13-8-17(15-10)7-9-6-16-3-4-18-11(16)14-9/h3-4,6,8,12H,2,5,7H2,1H3. The smallest absolute Gasteiger partial charge is 0.193 e. The summed E-state index contributed by atoms with van der Waals surface area (Å²) in [6.45, 7) is 4.36. The number of hydrogen-bond donors (Lipinski definition) is 1. The minimum atomic E-state index is 0.660. The van der Waals surface area contributed by atoms with Gasteiger partial charge in [0.25, 0.3) is 0 Å². The Balaban J connectivity index is 1.72. The molecule has 0 aliphatic heterocycles. The molecule has 0 aliphatic rings. The van der Waals surface area contributed by atoms with Crippen LogP contribution in [-0.4, -0.2) is 30.7 Å². The number of nitrogens with zero attached hydrogens (tertiary/aromatic N) is 5. The van der Waals surface area contributed by atoms with Gasteiger partial charge < -0.3 is 5.32 Å². The Morgan fingerprint density at radius 1 is 1.44 bits per heavy atom. The normalized spacial score (nSPS) is 11.4. The molecule has 3 heterocycles. The van der Waals surface area contributed by atoms with Crippen molar-refractivity contribution in [3.8, 4) is 0 Å². The van der Waals surface area contributed by atoms with Gasteiger partial charge in [-0.3, -0.25) is 4.40 Å². The second kappa shape index (κ2) is 4.87. The summed E-state index contributed by atoms with van der Waals surface area (Å²) in [5.41, 5.74) is 1.00. The third-order valence-corrected chi connectivity index (χ3v) is 3.35. The third-order valence-electron chi connectivity index (χ3n) is 2.58. The zero-order valence-corrected chi connectivity index (χ0v) is 10.9. The minimum absolute atomic E-state index is 0.660. The van der Waals surface area contributed by atoms with E-state index in [1.54, 1.807) is 17.7 Å². The second-order valence-corrected chi connectivity index (χ2v) is 4.84. The molecule has 0 amide bonds. The van der Waals surface area contributed by atoms with Gasteiger partial charge in [-0.15, -0.1) is 11.3 Å². The molecule has 0 aromatic carbocycles. The molecule has 0 atom stereocenters. The van der Waals surface area contributed by atoms with Gasteiger partial charge in [-0.2, -0.15) is 5.10 Å². The summed E-state index contributed by atoms with van der Waals surface area (Å²) in [7, 11) is 0. The first kappa shape index (κ1) is 11.4. The molecule has 0 fully saturated rings. The van der Waals surface area contributed by atoms with Gasteiger partial charge in [-0.25, -0.2) is 14.6 Å². The van der Waals surface area contributed by atoms with Crippen LogP contribution in [0, 0.1) is 0 Å². The van der Waals surface area contributed by atoms with Crippen molar-refractivity contribution >= 4 is 16.3 Å². The van der Waals surface area contributed by atoms with Gasteiger partial charge in [0.15, 0.2) is 10.8 Å². The van der Waals surface area contributed by atoms with Gasteiger partial charge in [-0.05, 0) is 6.54 Å². The predicted octanol–water partition coefficient (Wildman–Crippen LogP) is 1.15. The van der Waals surface area contributed by atoms with Crippen molar-refractivity contribution in [1.29, 1.82) is 0 Å². The highest BCUT2D eigenvalue weighted by Gasteiger charge is 2.05. The third kappa shape index (κ3) is 2.27. The van der Waals surface area contributed by atoms with Gasteiger partial charge >= 0.3 is 0 Å². The van der Waals surface area contributed by atoms with Crippen molar-refractivity contribution < 1.29 is 0 Å². The number of fused-ring (bicyclic) bond motifs is 1. The highest BCUT2D eigenvalue weighted by Crippen LogP contribution is 2.11. The van der Waals surface area contributed by atoms with Crippen LogP contribution in [-0.2, 0) is 13.1 Å². The fraction of sp³-hybridized carbons (Fsp3) is 0.364. The van der Waals surface area contributed by atoms with Crippen LogP contribution in [0.25, 0.3) is 4.96 Å². The summed E-state index contributed by atoms with van der Waals surface area (Å²) in [5, 5.41) is 9.62. The first-order valence-corrected chi connectivity index (χ1v) is 6.73. The van der Waals surface area contributed by atoms with E-state index in [2.05, 4.69) is 27.3 Å². The monoisotopic (exact) mass is 262 g/mol. The fourth-order valence-electron chi connectivity index (χ4n) is 1.75. The summed E-state index contributed by atoms with van der Waals surface area (Å²) in [4.78, 5) is 9.78. The Bertz CT molecular complexity index is 608. The van der Waals surface area contributed by atoms with Crippen LogP contribution < -0.4 is 5.32 Å². The van der Waals surface area contributed by atoms with Gasteiger partial charge in [0.2, 0.25) is 0 Å². The maximum atomic E-state index is 4.52. The van der Waals surface area contributed by atoms with E-state index in [0.717, 1.165) is 23.0 Å². The minimum Gasteiger partial charge on any atom is -0.310 e. The molecule has 0 aliphatic carbocycles. The van der Waals surface area contributed by atoms with Crippen LogP contribution in [0.5, 0.6) is 0 Å². The Morgan fingerprint density at radius 2 is 2.39 bits per heavy atom. The van der Waals surface area contributed by atoms with Crippen molar-refractivity contribution in [2.24, 2.45) is 0 Å². The van der Waals surface area contributed by atoms with Crippen LogP contribution in [0.3, 0.4) is 0 Å². The lowest BCUT2D eigenvalue weighted by Gasteiger charge is -1.96. The molecule has 3 aromatic heterocycles. The topological polar surface area (TPSA) is 60.0 Å². The van der Waals surface area contributed by atoms with Crippen molar-refractivity contribution in [3.63, 3.8) is 0 Å². The number of imidazole rings is 1. The first-order valence-electron chi connectivity index (χ1n) is 5.85. The largest absolute Gasteiger partial charge is 0.310 e. The van der Waals surface area contributed by atoms with Crippen molar-refractivity contribution in [2.75, 3.05) is 6.54 Å². The van der Waals surface area contributed by atoms with E-state index in [9.17, 15) is 0 Å². The van der Waals surface area contributed by atoms with Gasteiger partial charge in [-0.1, -0.05) is 6.92 Å². The molecule has 18 heavy (non-hydrogen) atoms. The zero-order chi connectivity index (χ0) is 12.4. The quantitative estimate of drug-likeness (QED) is 0.749. The van der Waals surface area contributed by atoms with Crippen LogP contribution >= 0.6 is 11.3 Å². The van der Waals surface area contributed by atoms with Crippen molar-refractivity contribution in [1.82, 2.24) is 29.5 Å². The van der Waals surface area contributed by atoms with Crippen molar-refractivity contribution in [2.45, 2.75) is 20.0 Å². The fourth-order valence-corrected chi connectivity index (χ4v) is 2.46. The second-order valence-electron chi connectivity index (χ2n) is 3.96. The van der Waals surface area contributed by atoms with E-state index in [1.807, 2.05) is 26.9 Å². The van der Waals surface area contributed by atoms with Crippen LogP contribution in [0.1, 0.15) is 18.4 Å². The van der Waals surface area contributed by atoms with E-state index in [0.29, 0.717) is 13.1 Å². The maximum Gasteiger partial charge on any atom is 0.193 e. The molecule has 1 N–H and O–H groups in total. The van der Waals surface area contributed by atoms with Crippen molar-refractivity contribution in [3.05, 3.63) is 35.6 Å². The lowest BCUT2D eigenvalue weighted by Crippen LogP contribution is -2.13. The number of hydrogen-bond acceptors (Lipinski definition) is 5. The molecule has 94 valence electrons. The molecular weight excluding hydrogens is 248 g/mol. The molecule has 0 saturated heterocycles. The molecule has 3 rings (SSSR count). The van der Waals surface area contributed by atoms with Crippen LogP contribution in [0.4, 0.5) is 0 Å². The summed E-state index contributed by atoms with van der Waals surface area (Å²) in [6, 6.07) is 0. The molecular formula is C11H14N6S. The Hall–Kier alpha value is -1.73. The van der Waals surface area contributed by atoms with E-state index in [4.69, 9.17) is 0 Å². The lowest BCUT2D eigenvalue weighted by atomic mass is 10.5. The molecule has 3 aromatic rings. The summed E-state index contributed by atoms with van der Waals surface area (Å²) in [5.74, 6) is 0.817. The molecule has 0 bridgehead atoms. The van der Waals surface area contributed by atoms with E-state index >= 15 is 0 Å². The number of nitrogens with one attached hydrogen (secondary N) is 1. The maximum absolute atomic E-state index is 4.52.